The Balaban J connectivity index is 1.25. The highest BCUT2D eigenvalue weighted by Gasteiger charge is 2.36. The zero-order valence-electron chi connectivity index (χ0n) is 25.5. The lowest BCUT2D eigenvalue weighted by Gasteiger charge is -2.29. The lowest BCUT2D eigenvalue weighted by molar-refractivity contribution is -0.272. The van der Waals surface area contributed by atoms with Gasteiger partial charge in [-0.2, -0.15) is 8.78 Å². The molecule has 2 saturated carbocycles. The highest BCUT2D eigenvalue weighted by Crippen LogP contribution is 2.41. The van der Waals surface area contributed by atoms with Gasteiger partial charge in [-0.1, -0.05) is 114 Å². The van der Waals surface area contributed by atoms with Gasteiger partial charge in [0.2, 0.25) is 0 Å². The van der Waals surface area contributed by atoms with Gasteiger partial charge < -0.3 is 4.74 Å². The van der Waals surface area contributed by atoms with E-state index in [-0.39, 0.29) is 5.56 Å². The summed E-state index contributed by atoms with van der Waals surface area (Å²) in [5.41, 5.74) is 3.30. The van der Waals surface area contributed by atoms with Crippen molar-refractivity contribution in [3.05, 3.63) is 70.8 Å². The van der Waals surface area contributed by atoms with Crippen molar-refractivity contribution in [2.45, 2.75) is 148 Å². The summed E-state index contributed by atoms with van der Waals surface area (Å²) in [4.78, 5) is 0. The molecule has 0 radical (unpaired) electrons. The number of halogens is 2. The average molecular weight is 553 g/mol. The molecule has 0 aromatic heterocycles. The Labute approximate surface area is 243 Å². The summed E-state index contributed by atoms with van der Waals surface area (Å²) in [6, 6.07) is 15.2. The van der Waals surface area contributed by atoms with Crippen molar-refractivity contribution in [1.82, 2.24) is 0 Å². The van der Waals surface area contributed by atoms with Crippen molar-refractivity contribution in [1.29, 1.82) is 0 Å². The van der Waals surface area contributed by atoms with Crippen molar-refractivity contribution in [3.63, 3.8) is 0 Å². The van der Waals surface area contributed by atoms with E-state index in [1.54, 1.807) is 19.1 Å². The number of hydrogen-bond donors (Lipinski definition) is 0. The predicted octanol–water partition coefficient (Wildman–Crippen LogP) is 12.2. The molecule has 0 heterocycles. The first-order valence-corrected chi connectivity index (χ1v) is 16.7. The molecule has 2 fully saturated rings. The number of hydrogen-bond acceptors (Lipinski definition) is 1. The van der Waals surface area contributed by atoms with Crippen LogP contribution in [0, 0.1) is 11.8 Å². The number of unbranched alkanes of at least 4 members (excludes halogenated alkanes) is 4. The zero-order chi connectivity index (χ0) is 28.4. The van der Waals surface area contributed by atoms with Crippen LogP contribution in [0.4, 0.5) is 8.78 Å². The first-order chi connectivity index (χ1) is 19.4. The lowest BCUT2D eigenvalue weighted by atomic mass is 9.77. The van der Waals surface area contributed by atoms with Crippen LogP contribution in [-0.2, 0) is 10.8 Å². The fourth-order valence-corrected chi connectivity index (χ4v) is 7.28. The van der Waals surface area contributed by atoms with E-state index in [9.17, 15) is 0 Å². The van der Waals surface area contributed by atoms with Gasteiger partial charge in [-0.3, -0.25) is 0 Å². The van der Waals surface area contributed by atoms with E-state index in [0.29, 0.717) is 11.8 Å². The first-order valence-electron chi connectivity index (χ1n) is 16.7. The second-order valence-corrected chi connectivity index (χ2v) is 13.0. The Morgan fingerprint density at radius 3 is 1.50 bits per heavy atom. The molecule has 3 heteroatoms. The highest BCUT2D eigenvalue weighted by atomic mass is 19.3. The van der Waals surface area contributed by atoms with Crippen LogP contribution in [0.15, 0.2) is 48.5 Å². The summed E-state index contributed by atoms with van der Waals surface area (Å²) in [6.07, 6.45) is 16.7. The monoisotopic (exact) mass is 552 g/mol. The van der Waals surface area contributed by atoms with Crippen LogP contribution in [0.25, 0.3) is 0 Å². The number of benzene rings is 2. The van der Waals surface area contributed by atoms with Crippen LogP contribution >= 0.6 is 0 Å². The standard InChI is InChI=1S/C37H54F2O/c1-4-6-8-10-29-12-16-32(17-13-29)34-22-20-31(21-23-34)28(3)40-37(38,39)36-26-24-35(25-27-36)33-18-14-30(15-19-33)11-9-7-5-2/h20-30,32-33H,4-19H2,1-3H3. The number of rotatable bonds is 14. The lowest BCUT2D eigenvalue weighted by Crippen LogP contribution is -2.21. The molecular formula is C37H54F2O. The van der Waals surface area contributed by atoms with Gasteiger partial charge in [0, 0.05) is 0 Å². The molecule has 1 nitrogen and oxygen atoms in total. The summed E-state index contributed by atoms with van der Waals surface area (Å²) in [5.74, 6) is 2.84. The Morgan fingerprint density at radius 1 is 0.650 bits per heavy atom. The fourth-order valence-electron chi connectivity index (χ4n) is 7.28. The van der Waals surface area contributed by atoms with Crippen LogP contribution < -0.4 is 0 Å². The van der Waals surface area contributed by atoms with Gasteiger partial charge in [0.05, 0.1) is 11.7 Å². The van der Waals surface area contributed by atoms with Crippen LogP contribution in [0.2, 0.25) is 0 Å². The van der Waals surface area contributed by atoms with Gasteiger partial charge in [-0.25, -0.2) is 0 Å². The molecule has 2 aliphatic rings. The van der Waals surface area contributed by atoms with E-state index in [1.165, 1.54) is 114 Å². The van der Waals surface area contributed by atoms with E-state index in [4.69, 9.17) is 4.74 Å². The molecule has 1 atom stereocenters. The summed E-state index contributed by atoms with van der Waals surface area (Å²) in [7, 11) is 0. The molecule has 222 valence electrons. The van der Waals surface area contributed by atoms with Gasteiger partial charge >= 0.3 is 6.11 Å². The van der Waals surface area contributed by atoms with Crippen molar-refractivity contribution in [2.75, 3.05) is 0 Å². The molecule has 40 heavy (non-hydrogen) atoms. The SMILES string of the molecule is CCCCCC1CCC(c2ccc(C(C)OC(F)(F)c3ccc(C4CCC(CCCCC)CC4)cc3)cc2)CC1. The zero-order valence-corrected chi connectivity index (χ0v) is 25.5. The maximum Gasteiger partial charge on any atom is 0.383 e. The Bertz CT molecular complexity index is 966. The normalized spacial score (nSPS) is 24.6. The minimum atomic E-state index is -3.32. The largest absolute Gasteiger partial charge is 0.383 e. The third-order valence-corrected chi connectivity index (χ3v) is 10.0. The van der Waals surface area contributed by atoms with Crippen molar-refractivity contribution in [2.24, 2.45) is 11.8 Å². The molecule has 0 bridgehead atoms. The van der Waals surface area contributed by atoms with E-state index in [0.717, 1.165) is 17.4 Å². The maximum absolute atomic E-state index is 15.2. The summed E-state index contributed by atoms with van der Waals surface area (Å²) in [6.45, 7) is 6.26. The van der Waals surface area contributed by atoms with Gasteiger partial charge in [-0.05, 0) is 98.7 Å². The summed E-state index contributed by atoms with van der Waals surface area (Å²) < 4.78 is 35.7. The Kier molecular flexibility index (Phi) is 12.1. The Morgan fingerprint density at radius 2 is 1.07 bits per heavy atom. The van der Waals surface area contributed by atoms with Gasteiger partial charge in [0.15, 0.2) is 0 Å². The van der Waals surface area contributed by atoms with Crippen LogP contribution in [0.5, 0.6) is 0 Å². The van der Waals surface area contributed by atoms with E-state index < -0.39 is 12.2 Å². The number of alkyl halides is 2. The van der Waals surface area contributed by atoms with Crippen LogP contribution in [0.1, 0.15) is 164 Å². The molecule has 4 rings (SSSR count). The minimum absolute atomic E-state index is 0.0522. The summed E-state index contributed by atoms with van der Waals surface area (Å²) >= 11 is 0. The molecule has 2 aliphatic carbocycles. The molecule has 2 aromatic rings. The third kappa shape index (κ3) is 8.88. The predicted molar refractivity (Wildman–Crippen MR) is 164 cm³/mol. The van der Waals surface area contributed by atoms with Gasteiger partial charge in [0.1, 0.15) is 0 Å². The van der Waals surface area contributed by atoms with Crippen molar-refractivity contribution < 1.29 is 13.5 Å². The molecule has 0 N–H and O–H groups in total. The van der Waals surface area contributed by atoms with E-state index in [2.05, 4.69) is 26.0 Å². The van der Waals surface area contributed by atoms with Gasteiger partial charge in [-0.15, -0.1) is 0 Å². The van der Waals surface area contributed by atoms with Crippen LogP contribution in [0.3, 0.4) is 0 Å². The maximum atomic E-state index is 15.2. The van der Waals surface area contributed by atoms with Crippen molar-refractivity contribution in [3.8, 4) is 0 Å². The van der Waals surface area contributed by atoms with Gasteiger partial charge in [0.25, 0.3) is 0 Å². The van der Waals surface area contributed by atoms with Crippen LogP contribution in [-0.4, -0.2) is 0 Å². The molecule has 0 spiro atoms. The quantitative estimate of drug-likeness (QED) is 0.212. The third-order valence-electron chi connectivity index (χ3n) is 10.0. The Hall–Kier alpha value is -1.74. The van der Waals surface area contributed by atoms with E-state index in [1.807, 2.05) is 24.3 Å². The molecule has 0 amide bonds. The minimum Gasteiger partial charge on any atom is -0.309 e. The van der Waals surface area contributed by atoms with Crippen molar-refractivity contribution >= 4 is 0 Å². The smallest absolute Gasteiger partial charge is 0.309 e. The second kappa shape index (κ2) is 15.5. The molecule has 0 aliphatic heterocycles. The first kappa shape index (κ1) is 31.2. The summed E-state index contributed by atoms with van der Waals surface area (Å²) in [5, 5.41) is 0. The highest BCUT2D eigenvalue weighted by molar-refractivity contribution is 5.29. The molecule has 1 unspecified atom stereocenters. The average Bonchev–Trinajstić information content (AvgIpc) is 2.98. The fraction of sp³-hybridized carbons (Fsp3) is 0.676. The van der Waals surface area contributed by atoms with E-state index >= 15 is 8.78 Å². The topological polar surface area (TPSA) is 9.23 Å². The molecular weight excluding hydrogens is 498 g/mol. The second-order valence-electron chi connectivity index (χ2n) is 13.0. The molecule has 2 aromatic carbocycles. The molecule has 0 saturated heterocycles. The number of ether oxygens (including phenoxy) is 1.